The van der Waals surface area contributed by atoms with Gasteiger partial charge in [-0.3, -0.25) is 0 Å². The van der Waals surface area contributed by atoms with Gasteiger partial charge in [0.1, 0.15) is 0 Å². The van der Waals surface area contributed by atoms with Crippen molar-refractivity contribution in [3.05, 3.63) is 41.5 Å². The van der Waals surface area contributed by atoms with Crippen LogP contribution in [0.2, 0.25) is 13.1 Å². The summed E-state index contributed by atoms with van der Waals surface area (Å²) in [6.07, 6.45) is 7.43. The molecule has 1 N–H and O–H groups in total. The smallest absolute Gasteiger partial charge is 1.00 e. The molecule has 1 atom stereocenters. The molecule has 0 radical (unpaired) electrons. The van der Waals surface area contributed by atoms with Crippen LogP contribution in [0.1, 0.15) is 41.0 Å². The number of allylic oxidation sites excluding steroid dienone is 1. The zero-order valence-corrected chi connectivity index (χ0v) is 19.7. The number of rotatable bonds is 6. The Morgan fingerprint density at radius 3 is 2.59 bits per heavy atom. The minimum absolute atomic E-state index is 0. The number of carbonyl (C=O) groups is 1. The van der Waals surface area contributed by atoms with Crippen LogP contribution >= 0.6 is 0 Å². The van der Waals surface area contributed by atoms with E-state index < -0.39 is 26.9 Å². The molecule has 1 aliphatic carbocycles. The fourth-order valence-electron chi connectivity index (χ4n) is 2.66. The molecule has 0 saturated heterocycles. The molecule has 0 heterocycles. The number of amides is 1. The molecule has 0 spiro atoms. The molecule has 1 aliphatic rings. The zero-order chi connectivity index (χ0) is 14.5. The second kappa shape index (κ2) is 10.8. The molecule has 1 aromatic carbocycles. The van der Waals surface area contributed by atoms with Gasteiger partial charge < -0.3 is 24.8 Å². The van der Waals surface area contributed by atoms with Crippen LogP contribution in [-0.2, 0) is 25.7 Å². The first-order chi connectivity index (χ1) is 9.63. The van der Waals surface area contributed by atoms with Gasteiger partial charge in [0.2, 0.25) is 0 Å². The van der Waals surface area contributed by atoms with E-state index in [4.69, 9.17) is 0 Å². The number of fused-ring (bicyclic) bond motifs is 1. The van der Waals surface area contributed by atoms with E-state index in [-0.39, 0.29) is 24.8 Å². The fraction of sp³-hybridized carbons (Fsp3) is 0.438. The van der Waals surface area contributed by atoms with Crippen molar-refractivity contribution in [2.24, 2.45) is 0 Å². The third-order valence-electron chi connectivity index (χ3n) is 3.80. The Balaban J connectivity index is 0.00000220. The molecule has 0 aromatic heterocycles. The van der Waals surface area contributed by atoms with Gasteiger partial charge in [-0.15, -0.1) is 0 Å². The molecular formula is C16H24Cl2HfNOSi. The third-order valence-corrected chi connectivity index (χ3v) is 28.8. The Morgan fingerprint density at radius 1 is 1.27 bits per heavy atom. The maximum absolute atomic E-state index is 12.1. The molecule has 0 saturated carbocycles. The molecule has 22 heavy (non-hydrogen) atoms. The Kier molecular flexibility index (Phi) is 10.8. The monoisotopic (exact) mass is 524 g/mol. The van der Waals surface area contributed by atoms with E-state index in [1.165, 1.54) is 11.1 Å². The van der Waals surface area contributed by atoms with Crippen LogP contribution < -0.4 is 28.1 Å². The number of hydrogen-bond donors (Lipinski definition) is 1. The molecule has 0 bridgehead atoms. The van der Waals surface area contributed by atoms with Crippen molar-refractivity contribution in [1.29, 1.82) is 0 Å². The average Bonchev–Trinajstić information content (AvgIpc) is 2.86. The summed E-state index contributed by atoms with van der Waals surface area (Å²) < 4.78 is 4.10. The van der Waals surface area contributed by atoms with Crippen molar-refractivity contribution in [2.75, 3.05) is 0 Å². The predicted octanol–water partition coefficient (Wildman–Crippen LogP) is -2.41. The Labute approximate surface area is 155 Å². The van der Waals surface area contributed by atoms with E-state index in [9.17, 15) is 4.79 Å². The van der Waals surface area contributed by atoms with Gasteiger partial charge in [-0.05, 0) is 0 Å². The van der Waals surface area contributed by atoms with Gasteiger partial charge >= 0.3 is 131 Å². The standard InChI is InChI=1S/C9H7.C5H11NO.C2H7Si.2ClH.Hf/c1-2-5-9-7-3-6-8(9)4-1;1-2-3-4-5(6)7;1-3-2;;;/h1-7H;2-4H2,1H3,(H2,6,7);3H,1-2H3;2*1H;/q;;;;;+3/p-3. The van der Waals surface area contributed by atoms with Crippen molar-refractivity contribution < 1.29 is 50.5 Å². The van der Waals surface area contributed by atoms with Crippen LogP contribution in [0.25, 0.3) is 6.08 Å². The summed E-state index contributed by atoms with van der Waals surface area (Å²) in [5.74, 6) is -0.445. The average molecular weight is 524 g/mol. The summed E-state index contributed by atoms with van der Waals surface area (Å²) in [6, 6.07) is 8.67. The summed E-state index contributed by atoms with van der Waals surface area (Å²) in [7, 11) is 0. The largest absolute Gasteiger partial charge is 1.00 e. The van der Waals surface area contributed by atoms with Gasteiger partial charge in [-0.25, -0.2) is 0 Å². The molecule has 121 valence electrons. The molecule has 0 aliphatic heterocycles. The number of benzene rings is 1. The molecule has 0 fully saturated rings. The first-order valence-electron chi connectivity index (χ1n) is 7.57. The molecule has 2 nitrogen and oxygen atoms in total. The second-order valence-electron chi connectivity index (χ2n) is 5.73. The predicted molar refractivity (Wildman–Crippen MR) is 84.8 cm³/mol. The van der Waals surface area contributed by atoms with Gasteiger partial charge in [0.15, 0.2) is 0 Å². The van der Waals surface area contributed by atoms with Gasteiger partial charge in [-0.2, -0.15) is 0 Å². The summed E-state index contributed by atoms with van der Waals surface area (Å²) in [5, 5.41) is 0. The Hall–Kier alpha value is 0.0970. The van der Waals surface area contributed by atoms with Gasteiger partial charge in [0.05, 0.1) is 0 Å². The summed E-state index contributed by atoms with van der Waals surface area (Å²) >= 11 is -2.08. The van der Waals surface area contributed by atoms with Gasteiger partial charge in [-0.1, -0.05) is 0 Å². The van der Waals surface area contributed by atoms with Crippen molar-refractivity contribution in [3.63, 3.8) is 0 Å². The van der Waals surface area contributed by atoms with Crippen molar-refractivity contribution in [2.45, 2.75) is 43.0 Å². The number of unbranched alkanes of at least 4 members (excludes halogenated alkanes) is 1. The van der Waals surface area contributed by atoms with Crippen molar-refractivity contribution in [3.8, 4) is 0 Å². The van der Waals surface area contributed by atoms with Crippen LogP contribution in [0, 0.1) is 0 Å². The molecule has 1 unspecified atom stereocenters. The number of nitrogens with one attached hydrogen (secondary N) is 1. The minimum Gasteiger partial charge on any atom is -1.00 e. The van der Waals surface area contributed by atoms with Crippen LogP contribution in [0.5, 0.6) is 0 Å². The molecular weight excluding hydrogens is 500 g/mol. The van der Waals surface area contributed by atoms with Crippen LogP contribution in [0.15, 0.2) is 30.3 Å². The Morgan fingerprint density at radius 2 is 1.95 bits per heavy atom. The molecule has 1 aromatic rings. The number of halogens is 2. The molecule has 6 heteroatoms. The zero-order valence-electron chi connectivity index (χ0n) is 13.4. The number of hydrogen-bond acceptors (Lipinski definition) is 1. The minimum atomic E-state index is -2.08. The van der Waals surface area contributed by atoms with E-state index in [2.05, 4.69) is 59.7 Å². The van der Waals surface area contributed by atoms with E-state index in [0.29, 0.717) is 16.0 Å². The van der Waals surface area contributed by atoms with E-state index in [1.807, 2.05) is 0 Å². The quantitative estimate of drug-likeness (QED) is 0.414. The summed E-state index contributed by atoms with van der Waals surface area (Å²) in [6.45, 7) is 6.97. The van der Waals surface area contributed by atoms with Crippen LogP contribution in [0.4, 0.5) is 0 Å². The molecule has 2 rings (SSSR count). The normalized spacial score (nSPS) is 14.8. The molecule has 1 amide bonds. The van der Waals surface area contributed by atoms with Crippen molar-refractivity contribution >= 4 is 18.0 Å². The second-order valence-corrected chi connectivity index (χ2v) is 32.0. The first-order valence-corrected chi connectivity index (χ1v) is 20.5. The summed E-state index contributed by atoms with van der Waals surface area (Å²) in [4.78, 5) is 12.1. The van der Waals surface area contributed by atoms with Crippen molar-refractivity contribution in [1.82, 2.24) is 3.30 Å². The third kappa shape index (κ3) is 5.62. The van der Waals surface area contributed by atoms with E-state index in [1.54, 1.807) is 0 Å². The van der Waals surface area contributed by atoms with E-state index >= 15 is 0 Å². The number of carbonyl (C=O) groups excluding carboxylic acids is 1. The Bertz CT molecular complexity index is 511. The van der Waals surface area contributed by atoms with Gasteiger partial charge in [0, 0.05) is 0 Å². The van der Waals surface area contributed by atoms with Crippen LogP contribution in [-0.4, -0.2) is 11.9 Å². The maximum atomic E-state index is 12.1. The fourth-order valence-corrected chi connectivity index (χ4v) is 23.6. The van der Waals surface area contributed by atoms with E-state index in [0.717, 1.165) is 12.8 Å². The maximum Gasteiger partial charge on any atom is -1.00 e. The van der Waals surface area contributed by atoms with Crippen LogP contribution in [0.3, 0.4) is 0 Å². The SMILES string of the molecule is CCCCC(=O)[NH][Hf+2]([CH]1C=Cc2ccccc21)[SiH](C)C.[Cl-].[Cl-]. The van der Waals surface area contributed by atoms with Gasteiger partial charge in [0.25, 0.3) is 0 Å². The first kappa shape index (κ1) is 22.1. The topological polar surface area (TPSA) is 29.1 Å². The summed E-state index contributed by atoms with van der Waals surface area (Å²) in [5.41, 5.74) is 2.82.